The number of hydrogen-bond donors (Lipinski definition) is 3. The van der Waals surface area contributed by atoms with Crippen molar-refractivity contribution in [3.8, 4) is 0 Å². The molecule has 128 valence electrons. The Morgan fingerprint density at radius 1 is 0.800 bits per heavy atom. The van der Waals surface area contributed by atoms with E-state index in [1.807, 2.05) is 0 Å². The highest BCUT2D eigenvalue weighted by molar-refractivity contribution is 6.00. The highest BCUT2D eigenvalue weighted by atomic mass is 16.2. The molecule has 0 aliphatic rings. The zero-order chi connectivity index (χ0) is 18.4. The number of nitrogens with two attached hydrogens (primary N) is 1. The van der Waals surface area contributed by atoms with Crippen LogP contribution in [0.5, 0.6) is 0 Å². The van der Waals surface area contributed by atoms with Crippen LogP contribution in [0.3, 0.4) is 0 Å². The Bertz CT molecular complexity index is 828. The van der Waals surface area contributed by atoms with Gasteiger partial charge < -0.3 is 16.4 Å². The third-order valence-corrected chi connectivity index (χ3v) is 3.46. The minimum atomic E-state index is -0.628. The van der Waals surface area contributed by atoms with Crippen LogP contribution in [0.4, 0.5) is 0 Å². The summed E-state index contributed by atoms with van der Waals surface area (Å²) in [6, 6.07) is 12.1. The second-order valence-electron chi connectivity index (χ2n) is 5.27. The summed E-state index contributed by atoms with van der Waals surface area (Å²) >= 11 is 0. The van der Waals surface area contributed by atoms with Crippen molar-refractivity contribution in [1.82, 2.24) is 10.6 Å². The Labute approximate surface area is 144 Å². The van der Waals surface area contributed by atoms with E-state index in [1.54, 1.807) is 18.2 Å². The van der Waals surface area contributed by atoms with Gasteiger partial charge in [0.15, 0.2) is 5.78 Å². The molecule has 0 bridgehead atoms. The summed E-state index contributed by atoms with van der Waals surface area (Å²) in [4.78, 5) is 46.3. The van der Waals surface area contributed by atoms with E-state index in [-0.39, 0.29) is 29.5 Å². The number of Topliss-reactive ketones (excluding diaryl/α,β-unsaturated/α-hetero) is 1. The van der Waals surface area contributed by atoms with Gasteiger partial charge in [0, 0.05) is 22.3 Å². The molecule has 25 heavy (non-hydrogen) atoms. The maximum atomic E-state index is 12.0. The average Bonchev–Trinajstić information content (AvgIpc) is 2.61. The van der Waals surface area contributed by atoms with Crippen molar-refractivity contribution in [2.24, 2.45) is 5.73 Å². The van der Waals surface area contributed by atoms with E-state index < -0.39 is 11.8 Å². The first-order valence-electron chi connectivity index (χ1n) is 7.46. The molecule has 4 N–H and O–H groups in total. The standard InChI is InChI=1S/C18H17N3O4/c1-11(22)12-5-7-13(8-6-12)17(24)20-10-21-18(25)15-4-2-3-14(9-15)16(19)23/h2-9H,10H2,1H3,(H2,19,23)(H,20,24)(H,21,25). The molecule has 0 aromatic heterocycles. The van der Waals surface area contributed by atoms with Crippen LogP contribution in [0, 0.1) is 0 Å². The number of primary amides is 1. The van der Waals surface area contributed by atoms with Gasteiger partial charge in [-0.1, -0.05) is 18.2 Å². The van der Waals surface area contributed by atoms with Crippen LogP contribution in [0.2, 0.25) is 0 Å². The lowest BCUT2D eigenvalue weighted by Crippen LogP contribution is -2.37. The first kappa shape index (κ1) is 17.9. The van der Waals surface area contributed by atoms with Crippen LogP contribution in [0.15, 0.2) is 48.5 Å². The fourth-order valence-corrected chi connectivity index (χ4v) is 2.08. The second-order valence-corrected chi connectivity index (χ2v) is 5.27. The Hall–Kier alpha value is -3.48. The molecule has 0 atom stereocenters. The summed E-state index contributed by atoms with van der Waals surface area (Å²) in [5.41, 5.74) is 6.54. The lowest BCUT2D eigenvalue weighted by Gasteiger charge is -2.08. The Kier molecular flexibility index (Phi) is 5.62. The summed E-state index contributed by atoms with van der Waals surface area (Å²) in [6.07, 6.45) is 0. The number of nitrogens with one attached hydrogen (secondary N) is 2. The molecule has 0 aliphatic carbocycles. The van der Waals surface area contributed by atoms with Crippen LogP contribution in [-0.2, 0) is 0 Å². The van der Waals surface area contributed by atoms with Crippen molar-refractivity contribution >= 4 is 23.5 Å². The molecule has 0 radical (unpaired) electrons. The molecule has 0 fully saturated rings. The first-order valence-corrected chi connectivity index (χ1v) is 7.46. The van der Waals surface area contributed by atoms with E-state index in [0.717, 1.165) is 0 Å². The molecular weight excluding hydrogens is 322 g/mol. The molecule has 2 aromatic carbocycles. The molecule has 2 rings (SSSR count). The molecule has 0 saturated carbocycles. The Balaban J connectivity index is 1.90. The summed E-state index contributed by atoms with van der Waals surface area (Å²) < 4.78 is 0. The molecule has 0 spiro atoms. The predicted molar refractivity (Wildman–Crippen MR) is 91.2 cm³/mol. The van der Waals surface area contributed by atoms with Crippen LogP contribution >= 0.6 is 0 Å². The van der Waals surface area contributed by atoms with Gasteiger partial charge in [0.05, 0.1) is 6.67 Å². The van der Waals surface area contributed by atoms with Crippen molar-refractivity contribution in [1.29, 1.82) is 0 Å². The van der Waals surface area contributed by atoms with Crippen LogP contribution in [0.25, 0.3) is 0 Å². The molecule has 2 aromatic rings. The number of amides is 3. The van der Waals surface area contributed by atoms with E-state index in [9.17, 15) is 19.2 Å². The van der Waals surface area contributed by atoms with Crippen LogP contribution in [0.1, 0.15) is 48.4 Å². The number of rotatable bonds is 6. The van der Waals surface area contributed by atoms with Crippen molar-refractivity contribution in [3.63, 3.8) is 0 Å². The highest BCUT2D eigenvalue weighted by Gasteiger charge is 2.10. The maximum absolute atomic E-state index is 12.0. The molecule has 0 unspecified atom stereocenters. The van der Waals surface area contributed by atoms with Crippen LogP contribution < -0.4 is 16.4 Å². The zero-order valence-electron chi connectivity index (χ0n) is 13.5. The van der Waals surface area contributed by atoms with Gasteiger partial charge in [-0.05, 0) is 37.3 Å². The summed E-state index contributed by atoms with van der Waals surface area (Å²) in [7, 11) is 0. The first-order chi connectivity index (χ1) is 11.9. The van der Waals surface area contributed by atoms with Crippen molar-refractivity contribution in [3.05, 3.63) is 70.8 Å². The molecule has 0 saturated heterocycles. The average molecular weight is 339 g/mol. The lowest BCUT2D eigenvalue weighted by molar-refractivity contribution is 0.0918. The maximum Gasteiger partial charge on any atom is 0.252 e. The van der Waals surface area contributed by atoms with Gasteiger partial charge in [-0.25, -0.2) is 0 Å². The third-order valence-electron chi connectivity index (χ3n) is 3.46. The van der Waals surface area contributed by atoms with Gasteiger partial charge in [-0.3, -0.25) is 19.2 Å². The summed E-state index contributed by atoms with van der Waals surface area (Å²) in [5, 5.41) is 5.06. The Morgan fingerprint density at radius 3 is 1.88 bits per heavy atom. The monoisotopic (exact) mass is 339 g/mol. The molecule has 3 amide bonds. The van der Waals surface area contributed by atoms with E-state index in [0.29, 0.717) is 11.1 Å². The quantitative estimate of drug-likeness (QED) is 0.539. The van der Waals surface area contributed by atoms with E-state index in [2.05, 4.69) is 10.6 Å². The lowest BCUT2D eigenvalue weighted by atomic mass is 10.1. The largest absolute Gasteiger partial charge is 0.366 e. The fraction of sp³-hybridized carbons (Fsp3) is 0.111. The van der Waals surface area contributed by atoms with Gasteiger partial charge in [-0.15, -0.1) is 0 Å². The third kappa shape index (κ3) is 4.74. The molecular formula is C18H17N3O4. The van der Waals surface area contributed by atoms with Gasteiger partial charge in [0.2, 0.25) is 5.91 Å². The van der Waals surface area contributed by atoms with Crippen molar-refractivity contribution < 1.29 is 19.2 Å². The fourth-order valence-electron chi connectivity index (χ4n) is 2.08. The number of carbonyl (C=O) groups is 4. The zero-order valence-corrected chi connectivity index (χ0v) is 13.5. The number of benzene rings is 2. The number of ketones is 1. The van der Waals surface area contributed by atoms with Crippen LogP contribution in [-0.4, -0.2) is 30.2 Å². The summed E-state index contributed by atoms with van der Waals surface area (Å²) in [5.74, 6) is -1.55. The summed E-state index contributed by atoms with van der Waals surface area (Å²) in [6.45, 7) is 1.35. The van der Waals surface area contributed by atoms with E-state index in [1.165, 1.54) is 37.3 Å². The van der Waals surface area contributed by atoms with E-state index >= 15 is 0 Å². The van der Waals surface area contributed by atoms with Crippen molar-refractivity contribution in [2.75, 3.05) is 6.67 Å². The van der Waals surface area contributed by atoms with Gasteiger partial charge >= 0.3 is 0 Å². The molecule has 0 aliphatic heterocycles. The van der Waals surface area contributed by atoms with Gasteiger partial charge in [0.1, 0.15) is 0 Å². The van der Waals surface area contributed by atoms with Gasteiger partial charge in [-0.2, -0.15) is 0 Å². The second kappa shape index (κ2) is 7.87. The molecule has 7 heteroatoms. The minimum absolute atomic E-state index is 0.0857. The molecule has 0 heterocycles. The van der Waals surface area contributed by atoms with Crippen molar-refractivity contribution in [2.45, 2.75) is 6.92 Å². The molecule has 7 nitrogen and oxygen atoms in total. The smallest absolute Gasteiger partial charge is 0.252 e. The predicted octanol–water partition coefficient (Wildman–Crippen LogP) is 1.11. The normalized spacial score (nSPS) is 9.96. The highest BCUT2D eigenvalue weighted by Crippen LogP contribution is 2.06. The topological polar surface area (TPSA) is 118 Å². The minimum Gasteiger partial charge on any atom is -0.366 e. The number of hydrogen-bond acceptors (Lipinski definition) is 4. The number of carbonyl (C=O) groups excluding carboxylic acids is 4. The van der Waals surface area contributed by atoms with E-state index in [4.69, 9.17) is 5.73 Å². The Morgan fingerprint density at radius 2 is 1.32 bits per heavy atom. The SMILES string of the molecule is CC(=O)c1ccc(C(=O)NCNC(=O)c2cccc(C(N)=O)c2)cc1. The van der Waals surface area contributed by atoms with Gasteiger partial charge in [0.25, 0.3) is 11.8 Å².